The standard InChI is InChI=1S/C31H19N4O.C22H15N2O.C22H17N2O.C21H14N3S.C9H7N2.C6H5NO2.4Ir/c1-3-12-23-21(8-1)10-5-14-25(23)27-16-7-17-28(26-15-6-11-22-9-2-4-13-24(22)26)30(27)35-20-32-33-31(35)29-18-19-36-34-29;1-15-7-2-4-11-19(15)24-14-13-23-22(24)18-10-6-9-17-16-8-3-5-12-20(16)25-21(17)18;1-16(25)14-19-8-4-5-9-21(19)24-13-12-23-22(24)20-11-10-17-6-2-3-7-18(17)15-20;1-14-12-24(21(23-14)17-11-22-25-13-17)20-18-8-4-2-6-15(18)10-16-7-3-5-9-19(16)20;1-2-5-9(6-3-1)11-8-4-7-10-11;8-6(9)5-3-1-2-4-7-5;;;;/h1-17,19-20H;2-9,11-14H,1H3;2-10,12-13,15H,14H2,1H3;2-10,12-13H,1H3;1-5,7-8H;1-4H,(H,8,9);;;;/q5*-1;;;;;. The van der Waals surface area contributed by atoms with Crippen molar-refractivity contribution in [3.63, 3.8) is 0 Å². The SMILES string of the molecule is CC(=O)Cc1ccccc1-n1ccnc1-c1[c-]cc2ccccc2c1.Cc1ccccc1-n1ccnc1-c1[c-]ccc2c1oc1ccccc12.Cc1cn(-c2c3ccccc3cc3ccccc23)c(-c2[c-]nsc2)n1.O=C(O)c1ccccn1.[Ir].[Ir].[Ir].[Ir].[c-]1ccccc1-n1cccn1.[c-]1conc1-c1nncn1-c1c(-c2cccc3ccccc23)cccc1-c1cccc2ccccc12. The van der Waals surface area contributed by atoms with E-state index in [1.165, 1.54) is 78.7 Å². The summed E-state index contributed by atoms with van der Waals surface area (Å²) in [6.45, 7) is 5.74. The molecule has 9 aromatic heterocycles. The van der Waals surface area contributed by atoms with Gasteiger partial charge in [-0.15, -0.1) is 75.7 Å². The number of carbonyl (C=O) groups excluding carboxylic acids is 1. The van der Waals surface area contributed by atoms with E-state index >= 15 is 0 Å². The molecule has 0 fully saturated rings. The Balaban J connectivity index is 0.000000128. The molecule has 0 aliphatic heterocycles. The molecular weight excluding hydrogens is 2410 g/mol. The van der Waals surface area contributed by atoms with Crippen LogP contribution in [-0.2, 0) is 91.6 Å². The average Bonchev–Trinajstić information content (AvgIpc) is 1.64. The number of hydrogen-bond acceptors (Lipinski definition) is 14. The van der Waals surface area contributed by atoms with Gasteiger partial charge in [0.25, 0.3) is 0 Å². The summed E-state index contributed by atoms with van der Waals surface area (Å²) in [5.74, 6) is 2.26. The van der Waals surface area contributed by atoms with E-state index < -0.39 is 5.97 Å². The van der Waals surface area contributed by atoms with Crippen LogP contribution in [0.5, 0.6) is 0 Å². The summed E-state index contributed by atoms with van der Waals surface area (Å²) in [4.78, 5) is 39.2. The van der Waals surface area contributed by atoms with E-state index in [2.05, 4.69) is 287 Å². The Labute approximate surface area is 835 Å². The second-order valence-corrected chi connectivity index (χ2v) is 31.2. The first-order valence-corrected chi connectivity index (χ1v) is 43.0. The van der Waals surface area contributed by atoms with Gasteiger partial charge in [0.2, 0.25) is 0 Å². The zero-order valence-electron chi connectivity index (χ0n) is 72.3. The second-order valence-electron chi connectivity index (χ2n) is 30.6. The van der Waals surface area contributed by atoms with Crippen LogP contribution in [0.3, 0.4) is 0 Å². The Morgan fingerprint density at radius 2 is 1.05 bits per heavy atom. The van der Waals surface area contributed by atoms with Crippen LogP contribution in [0.15, 0.2) is 404 Å². The molecule has 668 valence electrons. The Morgan fingerprint density at radius 3 is 1.68 bits per heavy atom. The van der Waals surface area contributed by atoms with Gasteiger partial charge >= 0.3 is 5.97 Å². The molecule has 0 unspecified atom stereocenters. The summed E-state index contributed by atoms with van der Waals surface area (Å²) in [5.41, 5.74) is 17.8. The summed E-state index contributed by atoms with van der Waals surface area (Å²) >= 11 is 1.40. The van der Waals surface area contributed by atoms with E-state index in [4.69, 9.17) is 19.0 Å². The molecule has 24 rings (SSSR count). The van der Waals surface area contributed by atoms with Crippen molar-refractivity contribution in [1.29, 1.82) is 0 Å². The van der Waals surface area contributed by atoms with Gasteiger partial charge in [-0.3, -0.25) is 28.8 Å². The van der Waals surface area contributed by atoms with Crippen molar-refractivity contribution in [1.82, 2.24) is 67.7 Å². The predicted octanol–water partition coefficient (Wildman–Crippen LogP) is 25.4. The molecule has 0 saturated heterocycles. The fourth-order valence-electron chi connectivity index (χ4n) is 16.3. The average molecular weight is 2490 g/mol. The number of carbonyl (C=O) groups is 2. The number of aryl methyl sites for hydroxylation is 2. The largest absolute Gasteiger partial charge is 0.501 e. The summed E-state index contributed by atoms with van der Waals surface area (Å²) in [6, 6.07) is 123. The Bertz CT molecular complexity index is 8000. The fourth-order valence-corrected chi connectivity index (χ4v) is 16.8. The quantitative estimate of drug-likeness (QED) is 0.0790. The molecule has 4 radical (unpaired) electrons. The summed E-state index contributed by atoms with van der Waals surface area (Å²) in [5, 5.41) is 41.2. The van der Waals surface area contributed by atoms with Gasteiger partial charge in [0.05, 0.1) is 22.9 Å². The third-order valence-corrected chi connectivity index (χ3v) is 22.7. The molecule has 9 heterocycles. The van der Waals surface area contributed by atoms with Crippen molar-refractivity contribution < 1.29 is 104 Å². The van der Waals surface area contributed by atoms with Crippen molar-refractivity contribution >= 4 is 99.1 Å². The van der Waals surface area contributed by atoms with Crippen LogP contribution in [0.2, 0.25) is 0 Å². The topological polar surface area (TPSA) is 221 Å². The maximum atomic E-state index is 11.6. The number of Topliss-reactive ketones (excluding diaryl/α,β-unsaturated/α-hetero) is 1. The number of aromatic nitrogens is 14. The smallest absolute Gasteiger partial charge is 0.354 e. The fraction of sp³-hybridized carbons (Fsp3) is 0.0360. The Hall–Kier alpha value is -14.9. The zero-order valence-corrected chi connectivity index (χ0v) is 82.7. The summed E-state index contributed by atoms with van der Waals surface area (Å²) in [7, 11) is 0. The molecule has 0 aliphatic rings. The monoisotopic (exact) mass is 2490 g/mol. The van der Waals surface area contributed by atoms with Crippen molar-refractivity contribution in [3.8, 4) is 96.4 Å². The molecule has 0 aliphatic carbocycles. The van der Waals surface area contributed by atoms with Gasteiger partial charge in [-0.1, -0.05) is 265 Å². The molecule has 19 nitrogen and oxygen atoms in total. The Morgan fingerprint density at radius 1 is 0.452 bits per heavy atom. The van der Waals surface area contributed by atoms with Crippen molar-refractivity contribution in [2.45, 2.75) is 27.2 Å². The van der Waals surface area contributed by atoms with Crippen molar-refractivity contribution in [2.75, 3.05) is 0 Å². The third kappa shape index (κ3) is 20.7. The van der Waals surface area contributed by atoms with E-state index in [0.717, 1.165) is 129 Å². The molecular formula is C111H77Ir4N14O5S-5. The zero-order chi connectivity index (χ0) is 88.9. The number of imidazole rings is 3. The summed E-state index contributed by atoms with van der Waals surface area (Å²) in [6.07, 6.45) is 21.3. The summed E-state index contributed by atoms with van der Waals surface area (Å²) < 4.78 is 25.4. The molecule has 0 saturated carbocycles. The minimum atomic E-state index is -0.990. The molecule has 1 N–H and O–H groups in total. The Kier molecular flexibility index (Phi) is 30.9. The van der Waals surface area contributed by atoms with Gasteiger partial charge in [0.1, 0.15) is 23.4 Å². The van der Waals surface area contributed by atoms with Crippen LogP contribution in [0, 0.1) is 44.3 Å². The van der Waals surface area contributed by atoms with Gasteiger partial charge in [-0.05, 0) is 129 Å². The van der Waals surface area contributed by atoms with Crippen molar-refractivity contribution in [3.05, 3.63) is 448 Å². The number of pyridine rings is 1. The number of nitrogens with zero attached hydrogens (tertiary/aromatic N) is 14. The van der Waals surface area contributed by atoms with Gasteiger partial charge < -0.3 is 32.3 Å². The first kappa shape index (κ1) is 94.7. The first-order valence-electron chi connectivity index (χ1n) is 42.2. The normalized spacial score (nSPS) is 10.7. The number of carboxylic acids is 1. The molecule has 0 amide bonds. The van der Waals surface area contributed by atoms with E-state index in [0.29, 0.717) is 17.9 Å². The van der Waals surface area contributed by atoms with E-state index in [1.54, 1.807) is 42.5 Å². The number of para-hydroxylation sites is 5. The molecule has 0 spiro atoms. The maximum Gasteiger partial charge on any atom is 0.354 e. The minimum Gasteiger partial charge on any atom is -0.501 e. The minimum absolute atomic E-state index is 0. The molecule has 24 heteroatoms. The molecule has 24 aromatic rings. The molecule has 0 atom stereocenters. The number of rotatable bonds is 14. The number of aromatic carboxylic acids is 1. The van der Waals surface area contributed by atoms with Crippen LogP contribution >= 0.6 is 11.5 Å². The predicted molar refractivity (Wildman–Crippen MR) is 518 cm³/mol. The number of carboxylic acid groups (broad SMARTS) is 1. The van der Waals surface area contributed by atoms with E-state index in [1.807, 2.05) is 161 Å². The maximum absolute atomic E-state index is 11.6. The molecule has 0 bridgehead atoms. The van der Waals surface area contributed by atoms with Crippen LogP contribution < -0.4 is 0 Å². The van der Waals surface area contributed by atoms with Gasteiger partial charge in [-0.25, -0.2) is 14.9 Å². The van der Waals surface area contributed by atoms with Gasteiger partial charge in [-0.2, -0.15) is 40.5 Å². The number of ketones is 1. The second kappa shape index (κ2) is 44.1. The van der Waals surface area contributed by atoms with Crippen LogP contribution in [0.4, 0.5) is 0 Å². The van der Waals surface area contributed by atoms with Crippen molar-refractivity contribution in [2.24, 2.45) is 0 Å². The van der Waals surface area contributed by atoms with Gasteiger partial charge in [0.15, 0.2) is 0 Å². The number of furan rings is 1. The molecule has 135 heavy (non-hydrogen) atoms. The van der Waals surface area contributed by atoms with Gasteiger partial charge in [0, 0.05) is 204 Å². The first-order chi connectivity index (χ1) is 64.5. The number of benzene rings is 15. The van der Waals surface area contributed by atoms with E-state index in [-0.39, 0.29) is 91.9 Å². The van der Waals surface area contributed by atoms with Crippen LogP contribution in [0.1, 0.15) is 34.2 Å². The number of fused-ring (bicyclic) bond motifs is 8. The van der Waals surface area contributed by atoms with Crippen LogP contribution in [0.25, 0.3) is 172 Å². The van der Waals surface area contributed by atoms with E-state index in [9.17, 15) is 9.59 Å². The molecule has 15 aromatic carbocycles. The van der Waals surface area contributed by atoms with Crippen LogP contribution in [-0.4, -0.2) is 84.6 Å². The number of hydrogen-bond donors (Lipinski definition) is 1. The third-order valence-electron chi connectivity index (χ3n) is 22.2.